The molecule has 1 heterocycles. The monoisotopic (exact) mass is 269 g/mol. The van der Waals surface area contributed by atoms with Gasteiger partial charge in [-0.25, -0.2) is 4.98 Å². The van der Waals surface area contributed by atoms with Gasteiger partial charge in [0.2, 0.25) is 8.32 Å². The fourth-order valence-corrected chi connectivity index (χ4v) is 2.52. The maximum Gasteiger partial charge on any atom is 0.244 e. The molecule has 0 saturated heterocycles. The van der Waals surface area contributed by atoms with Crippen LogP contribution in [0.5, 0.6) is 5.88 Å². The topological polar surface area (TPSA) is 31.4 Å². The van der Waals surface area contributed by atoms with Crippen LogP contribution in [0.25, 0.3) is 0 Å². The Morgan fingerprint density at radius 3 is 2.06 bits per heavy atom. The van der Waals surface area contributed by atoms with E-state index in [1.165, 1.54) is 0 Å². The summed E-state index contributed by atoms with van der Waals surface area (Å²) < 4.78 is 11.6. The van der Waals surface area contributed by atoms with Crippen LogP contribution in [0.15, 0.2) is 18.3 Å². The van der Waals surface area contributed by atoms with Crippen LogP contribution in [0.1, 0.15) is 5.56 Å². The third-order valence-electron chi connectivity index (χ3n) is 1.88. The summed E-state index contributed by atoms with van der Waals surface area (Å²) in [4.78, 5) is 4.31. The van der Waals surface area contributed by atoms with Crippen molar-refractivity contribution in [1.29, 1.82) is 0 Å². The van der Waals surface area contributed by atoms with Gasteiger partial charge in [0.25, 0.3) is 0 Å². The van der Waals surface area contributed by atoms with Crippen molar-refractivity contribution >= 4 is 16.6 Å². The smallest absolute Gasteiger partial charge is 0.244 e. The number of rotatable bonds is 5. The first-order valence-corrected chi connectivity index (χ1v) is 12.8. The molecule has 17 heavy (non-hydrogen) atoms. The van der Waals surface area contributed by atoms with E-state index in [0.717, 1.165) is 11.4 Å². The first-order chi connectivity index (χ1) is 7.66. The highest BCUT2D eigenvalue weighted by Gasteiger charge is 2.17. The molecule has 1 aromatic heterocycles. The zero-order valence-corrected chi connectivity index (χ0v) is 13.7. The molecule has 0 bridgehead atoms. The predicted molar refractivity (Wildman–Crippen MR) is 76.3 cm³/mol. The Balaban J connectivity index is 2.56. The van der Waals surface area contributed by atoms with Crippen LogP contribution in [0, 0.1) is 0 Å². The van der Waals surface area contributed by atoms with Crippen molar-refractivity contribution < 1.29 is 8.85 Å². The molecule has 0 aliphatic carbocycles. The number of pyridine rings is 1. The normalized spacial score (nSPS) is 12.6. The van der Waals surface area contributed by atoms with Gasteiger partial charge in [0, 0.05) is 6.20 Å². The SMILES string of the molecule is C[Si](C)(C)OCc1ccc(O[Si](C)(C)C)nc1. The molecule has 0 atom stereocenters. The Kier molecular flexibility index (Phi) is 4.51. The lowest BCUT2D eigenvalue weighted by molar-refractivity contribution is 0.299. The summed E-state index contributed by atoms with van der Waals surface area (Å²) in [5, 5.41) is 0. The minimum atomic E-state index is -1.55. The van der Waals surface area contributed by atoms with Gasteiger partial charge >= 0.3 is 0 Å². The molecule has 0 radical (unpaired) electrons. The average molecular weight is 269 g/mol. The van der Waals surface area contributed by atoms with E-state index < -0.39 is 16.6 Å². The summed E-state index contributed by atoms with van der Waals surface area (Å²) in [6.07, 6.45) is 1.84. The summed E-state index contributed by atoms with van der Waals surface area (Å²) in [6, 6.07) is 3.96. The van der Waals surface area contributed by atoms with E-state index in [2.05, 4.69) is 44.3 Å². The van der Waals surface area contributed by atoms with Gasteiger partial charge in [0.15, 0.2) is 14.2 Å². The van der Waals surface area contributed by atoms with E-state index >= 15 is 0 Å². The highest BCUT2D eigenvalue weighted by atomic mass is 28.4. The molecule has 0 amide bonds. The Morgan fingerprint density at radius 1 is 1.00 bits per heavy atom. The van der Waals surface area contributed by atoms with Crippen molar-refractivity contribution in [3.8, 4) is 5.88 Å². The zero-order valence-electron chi connectivity index (χ0n) is 11.7. The lowest BCUT2D eigenvalue weighted by Crippen LogP contribution is -2.29. The Labute approximate surface area is 106 Å². The van der Waals surface area contributed by atoms with E-state index in [1.807, 2.05) is 18.3 Å². The largest absolute Gasteiger partial charge is 0.531 e. The fourth-order valence-electron chi connectivity index (χ4n) is 1.17. The highest BCUT2D eigenvalue weighted by molar-refractivity contribution is 6.70. The second-order valence-electron chi connectivity index (χ2n) is 6.12. The van der Waals surface area contributed by atoms with Gasteiger partial charge in [0.05, 0.1) is 6.61 Å². The van der Waals surface area contributed by atoms with Gasteiger partial charge in [-0.05, 0) is 57.0 Å². The first-order valence-electron chi connectivity index (χ1n) is 5.94. The molecule has 0 spiro atoms. The van der Waals surface area contributed by atoms with Crippen molar-refractivity contribution in [2.75, 3.05) is 0 Å². The molecule has 1 rings (SSSR count). The number of nitrogens with zero attached hydrogens (tertiary/aromatic N) is 1. The van der Waals surface area contributed by atoms with Gasteiger partial charge in [-0.3, -0.25) is 0 Å². The van der Waals surface area contributed by atoms with E-state index in [9.17, 15) is 0 Å². The van der Waals surface area contributed by atoms with Crippen molar-refractivity contribution in [3.63, 3.8) is 0 Å². The van der Waals surface area contributed by atoms with Crippen LogP contribution < -0.4 is 4.43 Å². The zero-order chi connectivity index (χ0) is 13.1. The van der Waals surface area contributed by atoms with Crippen molar-refractivity contribution in [1.82, 2.24) is 4.98 Å². The third-order valence-corrected chi connectivity index (χ3v) is 3.71. The molecule has 0 fully saturated rings. The molecule has 0 N–H and O–H groups in total. The van der Waals surface area contributed by atoms with Crippen LogP contribution in [0.4, 0.5) is 0 Å². The van der Waals surface area contributed by atoms with E-state index in [-0.39, 0.29) is 0 Å². The van der Waals surface area contributed by atoms with Crippen molar-refractivity contribution in [2.45, 2.75) is 45.9 Å². The highest BCUT2D eigenvalue weighted by Crippen LogP contribution is 2.15. The summed E-state index contributed by atoms with van der Waals surface area (Å²) in [5.41, 5.74) is 1.11. The summed E-state index contributed by atoms with van der Waals surface area (Å²) in [6.45, 7) is 13.6. The van der Waals surface area contributed by atoms with Crippen LogP contribution in [0.3, 0.4) is 0 Å². The summed E-state index contributed by atoms with van der Waals surface area (Å²) in [5.74, 6) is 0.723. The minimum Gasteiger partial charge on any atom is -0.531 e. The molecule has 0 aliphatic rings. The number of hydrogen-bond donors (Lipinski definition) is 0. The number of aromatic nitrogens is 1. The fraction of sp³-hybridized carbons (Fsp3) is 0.583. The third kappa shape index (κ3) is 6.60. The molecular formula is C12H23NO2Si2. The first kappa shape index (κ1) is 14.4. The molecule has 1 aromatic rings. The van der Waals surface area contributed by atoms with Crippen molar-refractivity contribution in [3.05, 3.63) is 23.9 Å². The van der Waals surface area contributed by atoms with Crippen LogP contribution in [0.2, 0.25) is 39.3 Å². The maximum atomic E-state index is 5.82. The molecular weight excluding hydrogens is 246 g/mol. The van der Waals surface area contributed by atoms with Gasteiger partial charge in [-0.1, -0.05) is 0 Å². The maximum absolute atomic E-state index is 5.82. The van der Waals surface area contributed by atoms with E-state index in [0.29, 0.717) is 6.61 Å². The van der Waals surface area contributed by atoms with Gasteiger partial charge in [0.1, 0.15) is 0 Å². The van der Waals surface area contributed by atoms with E-state index in [4.69, 9.17) is 8.85 Å². The standard InChI is InChI=1S/C12H23NO2Si2/c1-16(2,3)14-10-11-7-8-12(13-9-11)15-17(4,5)6/h7-9H,10H2,1-6H3. The lowest BCUT2D eigenvalue weighted by Gasteiger charge is -2.19. The van der Waals surface area contributed by atoms with Gasteiger partial charge in [-0.2, -0.15) is 0 Å². The molecule has 0 saturated carbocycles. The second-order valence-corrected chi connectivity index (χ2v) is 15.1. The molecule has 0 unspecified atom stereocenters. The average Bonchev–Trinajstić information content (AvgIpc) is 2.13. The molecule has 96 valence electrons. The summed E-state index contributed by atoms with van der Waals surface area (Å²) >= 11 is 0. The minimum absolute atomic E-state index is 0.649. The Morgan fingerprint density at radius 2 is 1.65 bits per heavy atom. The van der Waals surface area contributed by atoms with E-state index in [1.54, 1.807) is 0 Å². The number of hydrogen-bond acceptors (Lipinski definition) is 3. The Hall–Kier alpha value is -0.656. The molecule has 3 nitrogen and oxygen atoms in total. The molecule has 0 aromatic carbocycles. The molecule has 5 heteroatoms. The van der Waals surface area contributed by atoms with Crippen molar-refractivity contribution in [2.24, 2.45) is 0 Å². The van der Waals surface area contributed by atoms with Gasteiger partial charge < -0.3 is 8.85 Å². The summed E-state index contributed by atoms with van der Waals surface area (Å²) in [7, 11) is -2.99. The lowest BCUT2D eigenvalue weighted by atomic mass is 10.3. The Bertz CT molecular complexity index is 352. The van der Waals surface area contributed by atoms with Crippen LogP contribution >= 0.6 is 0 Å². The van der Waals surface area contributed by atoms with Crippen LogP contribution in [-0.4, -0.2) is 21.6 Å². The molecule has 0 aliphatic heterocycles. The van der Waals surface area contributed by atoms with Gasteiger partial charge in [-0.15, -0.1) is 0 Å². The second kappa shape index (κ2) is 5.33. The van der Waals surface area contributed by atoms with Crippen LogP contribution in [-0.2, 0) is 11.0 Å². The predicted octanol–water partition coefficient (Wildman–Crippen LogP) is 3.65. The quantitative estimate of drug-likeness (QED) is 0.765.